The molecule has 4 aromatic carbocycles. The summed E-state index contributed by atoms with van der Waals surface area (Å²) in [6.07, 6.45) is 1.40. The van der Waals surface area contributed by atoms with E-state index in [1.54, 1.807) is 49.6 Å². The molecule has 4 aromatic rings. The van der Waals surface area contributed by atoms with Gasteiger partial charge in [0.05, 0.1) is 39.7 Å². The van der Waals surface area contributed by atoms with E-state index in [0.717, 1.165) is 10.8 Å². The van der Waals surface area contributed by atoms with E-state index in [1.807, 2.05) is 30.3 Å². The number of methoxy groups -OCH3 is 3. The maximum absolute atomic E-state index is 12.8. The van der Waals surface area contributed by atoms with Gasteiger partial charge in [-0.05, 0) is 59.3 Å². The van der Waals surface area contributed by atoms with Gasteiger partial charge in [0.2, 0.25) is 0 Å². The van der Waals surface area contributed by atoms with Crippen LogP contribution in [0.1, 0.15) is 26.3 Å². The van der Waals surface area contributed by atoms with Crippen LogP contribution in [0.15, 0.2) is 84.0 Å². The van der Waals surface area contributed by atoms with Crippen molar-refractivity contribution in [1.29, 1.82) is 0 Å². The highest BCUT2D eigenvalue weighted by molar-refractivity contribution is 6.04. The van der Waals surface area contributed by atoms with Crippen LogP contribution in [0.5, 0.6) is 23.0 Å². The Labute approximate surface area is 230 Å². The van der Waals surface area contributed by atoms with Crippen LogP contribution in [0.25, 0.3) is 10.8 Å². The number of nitrogens with zero attached hydrogens (tertiary/aromatic N) is 1. The van der Waals surface area contributed by atoms with Crippen LogP contribution >= 0.6 is 0 Å². The number of hydrazone groups is 1. The van der Waals surface area contributed by atoms with Crippen LogP contribution in [-0.4, -0.2) is 51.9 Å². The van der Waals surface area contributed by atoms with Gasteiger partial charge in [-0.15, -0.1) is 0 Å². The Balaban J connectivity index is 1.44. The average Bonchev–Trinajstić information content (AvgIpc) is 3.00. The summed E-state index contributed by atoms with van der Waals surface area (Å²) in [4.78, 5) is 37.6. The van der Waals surface area contributed by atoms with Gasteiger partial charge >= 0.3 is 5.97 Å². The molecule has 0 aliphatic rings. The summed E-state index contributed by atoms with van der Waals surface area (Å²) < 4.78 is 21.2. The van der Waals surface area contributed by atoms with Crippen LogP contribution in [0, 0.1) is 0 Å². The van der Waals surface area contributed by atoms with Crippen LogP contribution in [0.4, 0.5) is 0 Å². The van der Waals surface area contributed by atoms with Gasteiger partial charge in [0.25, 0.3) is 11.8 Å². The summed E-state index contributed by atoms with van der Waals surface area (Å²) in [5.41, 5.74) is 3.52. The minimum absolute atomic E-state index is 0.263. The van der Waals surface area contributed by atoms with Crippen molar-refractivity contribution >= 4 is 34.8 Å². The highest BCUT2D eigenvalue weighted by atomic mass is 16.5. The van der Waals surface area contributed by atoms with Crippen LogP contribution in [0.3, 0.4) is 0 Å². The van der Waals surface area contributed by atoms with Crippen molar-refractivity contribution < 1.29 is 33.3 Å². The van der Waals surface area contributed by atoms with Crippen molar-refractivity contribution in [2.24, 2.45) is 5.10 Å². The van der Waals surface area contributed by atoms with Crippen molar-refractivity contribution in [3.63, 3.8) is 0 Å². The first-order chi connectivity index (χ1) is 19.4. The Morgan fingerprint density at radius 1 is 0.775 bits per heavy atom. The quantitative estimate of drug-likeness (QED) is 0.135. The van der Waals surface area contributed by atoms with Crippen LogP contribution in [0.2, 0.25) is 0 Å². The van der Waals surface area contributed by atoms with Gasteiger partial charge in [0.15, 0.2) is 11.5 Å². The summed E-state index contributed by atoms with van der Waals surface area (Å²) >= 11 is 0. The molecule has 0 atom stereocenters. The Morgan fingerprint density at radius 3 is 2.20 bits per heavy atom. The number of carbonyl (C=O) groups is 3. The molecule has 0 saturated heterocycles. The highest BCUT2D eigenvalue weighted by Crippen LogP contribution is 2.28. The second-order valence-electron chi connectivity index (χ2n) is 8.36. The molecule has 0 aliphatic carbocycles. The zero-order chi connectivity index (χ0) is 28.5. The number of carbonyl (C=O) groups excluding carboxylic acids is 3. The molecule has 0 radical (unpaired) electrons. The lowest BCUT2D eigenvalue weighted by Gasteiger charge is -2.11. The number of fused-ring (bicyclic) bond motifs is 1. The molecule has 0 saturated carbocycles. The van der Waals surface area contributed by atoms with Crippen molar-refractivity contribution in [2.45, 2.75) is 0 Å². The van der Waals surface area contributed by atoms with Gasteiger partial charge in [-0.2, -0.15) is 5.10 Å². The minimum atomic E-state index is -0.561. The molecule has 10 heteroatoms. The van der Waals surface area contributed by atoms with E-state index in [0.29, 0.717) is 33.9 Å². The number of ether oxygens (including phenoxy) is 4. The maximum atomic E-state index is 12.8. The molecule has 0 heterocycles. The molecule has 0 aliphatic heterocycles. The van der Waals surface area contributed by atoms with E-state index in [4.69, 9.17) is 18.9 Å². The second-order valence-corrected chi connectivity index (χ2v) is 8.36. The van der Waals surface area contributed by atoms with Gasteiger partial charge in [-0.3, -0.25) is 9.59 Å². The van der Waals surface area contributed by atoms with E-state index in [2.05, 4.69) is 15.8 Å². The summed E-state index contributed by atoms with van der Waals surface area (Å²) in [6.45, 7) is -0.320. The van der Waals surface area contributed by atoms with Gasteiger partial charge in [0, 0.05) is 11.1 Å². The monoisotopic (exact) mass is 541 g/mol. The molecular formula is C30H27N3O7. The number of rotatable bonds is 10. The number of hydrogen-bond acceptors (Lipinski definition) is 8. The third kappa shape index (κ3) is 6.54. The summed E-state index contributed by atoms with van der Waals surface area (Å²) in [6, 6.07) is 22.2. The number of amides is 2. The lowest BCUT2D eigenvalue weighted by molar-refractivity contribution is -0.120. The molecule has 0 unspecified atom stereocenters. The first kappa shape index (κ1) is 27.6. The molecule has 0 spiro atoms. The zero-order valence-corrected chi connectivity index (χ0v) is 22.1. The average molecular weight is 542 g/mol. The lowest BCUT2D eigenvalue weighted by atomic mass is 10.0. The number of nitrogens with one attached hydrogen (secondary N) is 2. The molecule has 40 heavy (non-hydrogen) atoms. The molecule has 10 nitrogen and oxygen atoms in total. The lowest BCUT2D eigenvalue weighted by Crippen LogP contribution is -2.34. The Bertz CT molecular complexity index is 1570. The molecule has 0 aromatic heterocycles. The fourth-order valence-corrected chi connectivity index (χ4v) is 3.83. The molecule has 4 rings (SSSR count). The summed E-state index contributed by atoms with van der Waals surface area (Å²) in [7, 11) is 4.50. The Morgan fingerprint density at radius 2 is 1.48 bits per heavy atom. The molecule has 0 fully saturated rings. The van der Waals surface area contributed by atoms with Crippen molar-refractivity contribution in [1.82, 2.24) is 10.7 Å². The molecule has 204 valence electrons. The fourth-order valence-electron chi connectivity index (χ4n) is 3.83. The predicted molar refractivity (Wildman–Crippen MR) is 150 cm³/mol. The summed E-state index contributed by atoms with van der Waals surface area (Å²) in [5, 5.41) is 8.22. The van der Waals surface area contributed by atoms with E-state index in [9.17, 15) is 14.4 Å². The highest BCUT2D eigenvalue weighted by Gasteiger charge is 2.15. The number of benzene rings is 4. The number of hydrogen-bond donors (Lipinski definition) is 2. The Hall–Kier alpha value is -5.38. The van der Waals surface area contributed by atoms with E-state index < -0.39 is 17.8 Å². The van der Waals surface area contributed by atoms with Gasteiger partial charge in [-0.25, -0.2) is 10.2 Å². The van der Waals surface area contributed by atoms with Crippen LogP contribution < -0.4 is 29.7 Å². The van der Waals surface area contributed by atoms with Crippen LogP contribution in [-0.2, 0) is 4.79 Å². The zero-order valence-electron chi connectivity index (χ0n) is 22.1. The largest absolute Gasteiger partial charge is 0.497 e. The molecule has 0 bridgehead atoms. The third-order valence-corrected chi connectivity index (χ3v) is 5.90. The Kier molecular flexibility index (Phi) is 8.93. The van der Waals surface area contributed by atoms with Gasteiger partial charge < -0.3 is 24.3 Å². The number of esters is 1. The van der Waals surface area contributed by atoms with Gasteiger partial charge in [0.1, 0.15) is 11.5 Å². The standard InChI is InChI=1S/C30H27N3O7/c1-37-22-12-8-20(9-13-22)30(36)40-25-14-10-19-6-4-5-7-23(19)24(25)17-32-33-28(34)18-31-29(35)21-11-15-26(38-2)27(16-21)39-3/h4-17H,18H2,1-3H3,(H,31,35)(H,33,34)/b32-17-. The smallest absolute Gasteiger partial charge is 0.343 e. The molecule has 2 N–H and O–H groups in total. The van der Waals surface area contributed by atoms with Crippen molar-refractivity contribution in [3.8, 4) is 23.0 Å². The summed E-state index contributed by atoms with van der Waals surface area (Å²) in [5.74, 6) is 0.167. The predicted octanol–water partition coefficient (Wildman–Crippen LogP) is 3.96. The minimum Gasteiger partial charge on any atom is -0.497 e. The fraction of sp³-hybridized carbons (Fsp3) is 0.133. The first-order valence-electron chi connectivity index (χ1n) is 12.1. The van der Waals surface area contributed by atoms with Crippen molar-refractivity contribution in [2.75, 3.05) is 27.9 Å². The molecule has 2 amide bonds. The van der Waals surface area contributed by atoms with Crippen molar-refractivity contribution in [3.05, 3.63) is 95.6 Å². The first-order valence-corrected chi connectivity index (χ1v) is 12.1. The molecular weight excluding hydrogens is 514 g/mol. The second kappa shape index (κ2) is 12.9. The SMILES string of the molecule is COc1ccc(C(=O)Oc2ccc3ccccc3c2/C=N\NC(=O)CNC(=O)c2ccc(OC)c(OC)c2)cc1. The third-order valence-electron chi connectivity index (χ3n) is 5.90. The van der Waals surface area contributed by atoms with E-state index in [1.165, 1.54) is 26.5 Å². The van der Waals surface area contributed by atoms with Gasteiger partial charge in [-0.1, -0.05) is 30.3 Å². The topological polar surface area (TPSA) is 125 Å². The normalized spacial score (nSPS) is 10.7. The maximum Gasteiger partial charge on any atom is 0.343 e. The van der Waals surface area contributed by atoms with E-state index >= 15 is 0 Å². The van der Waals surface area contributed by atoms with E-state index in [-0.39, 0.29) is 12.3 Å².